The summed E-state index contributed by atoms with van der Waals surface area (Å²) in [4.78, 5) is 13.2. The van der Waals surface area contributed by atoms with Crippen molar-refractivity contribution >= 4 is 38.6 Å². The molecule has 100 valence electrons. The topological polar surface area (TPSA) is 65.7 Å². The predicted octanol–water partition coefficient (Wildman–Crippen LogP) is 2.30. The molecule has 2 heterocycles. The van der Waals surface area contributed by atoms with E-state index in [0.717, 1.165) is 41.7 Å². The molecule has 1 aromatic carbocycles. The van der Waals surface area contributed by atoms with Crippen LogP contribution in [0.4, 0.5) is 5.69 Å². The van der Waals surface area contributed by atoms with Crippen molar-refractivity contribution < 1.29 is 14.3 Å². The van der Waals surface area contributed by atoms with Crippen LogP contribution in [-0.2, 0) is 0 Å². The molecule has 0 radical (unpaired) electrons. The van der Waals surface area contributed by atoms with E-state index in [1.54, 1.807) is 6.07 Å². The Bertz CT molecular complexity index is 632. The lowest BCUT2D eigenvalue weighted by molar-refractivity contribution is 0.0665. The standard InChI is InChI=1S/C13H13BrN2O3/c14-12-8-7-11(13(17)18)19-10(8)2-1-9(12)16-5-3-15-4-6-16/h1-2,7,15H,3-6H2,(H,17,18). The van der Waals surface area contributed by atoms with Gasteiger partial charge < -0.3 is 19.7 Å². The molecule has 0 bridgehead atoms. The summed E-state index contributed by atoms with van der Waals surface area (Å²) in [6, 6.07) is 5.35. The zero-order valence-electron chi connectivity index (χ0n) is 10.1. The van der Waals surface area contributed by atoms with Crippen LogP contribution in [0.1, 0.15) is 10.6 Å². The van der Waals surface area contributed by atoms with Crippen LogP contribution in [0.15, 0.2) is 27.1 Å². The molecule has 2 aromatic rings. The second-order valence-electron chi connectivity index (χ2n) is 4.46. The first-order valence-electron chi connectivity index (χ1n) is 6.08. The maximum atomic E-state index is 10.9. The molecule has 1 saturated heterocycles. The van der Waals surface area contributed by atoms with Crippen molar-refractivity contribution in [3.63, 3.8) is 0 Å². The van der Waals surface area contributed by atoms with Crippen LogP contribution in [0.2, 0.25) is 0 Å². The van der Waals surface area contributed by atoms with Gasteiger partial charge in [0.25, 0.3) is 0 Å². The number of hydrogen-bond donors (Lipinski definition) is 2. The van der Waals surface area contributed by atoms with Gasteiger partial charge >= 0.3 is 5.97 Å². The average molecular weight is 325 g/mol. The van der Waals surface area contributed by atoms with Gasteiger partial charge in [-0.15, -0.1) is 0 Å². The molecule has 0 spiro atoms. The molecular weight excluding hydrogens is 312 g/mol. The minimum Gasteiger partial charge on any atom is -0.475 e. The van der Waals surface area contributed by atoms with Crippen molar-refractivity contribution in [3.8, 4) is 0 Å². The highest BCUT2D eigenvalue weighted by atomic mass is 79.9. The number of aromatic carboxylic acids is 1. The fourth-order valence-electron chi connectivity index (χ4n) is 2.32. The summed E-state index contributed by atoms with van der Waals surface area (Å²) in [5.41, 5.74) is 1.66. The molecule has 5 nitrogen and oxygen atoms in total. The van der Waals surface area contributed by atoms with Crippen molar-refractivity contribution in [2.45, 2.75) is 0 Å². The molecule has 1 aromatic heterocycles. The highest BCUT2D eigenvalue weighted by Crippen LogP contribution is 2.35. The summed E-state index contributed by atoms with van der Waals surface area (Å²) in [7, 11) is 0. The molecule has 0 saturated carbocycles. The SMILES string of the molecule is O=C(O)c1cc2c(Br)c(N3CCNCC3)ccc2o1. The average Bonchev–Trinajstić information content (AvgIpc) is 2.85. The number of furan rings is 1. The number of nitrogens with one attached hydrogen (secondary N) is 1. The van der Waals surface area contributed by atoms with E-state index in [-0.39, 0.29) is 5.76 Å². The number of benzene rings is 1. The maximum absolute atomic E-state index is 10.9. The zero-order chi connectivity index (χ0) is 13.4. The Labute approximate surface area is 118 Å². The van der Waals surface area contributed by atoms with Crippen LogP contribution in [0.5, 0.6) is 0 Å². The Hall–Kier alpha value is -1.53. The van der Waals surface area contributed by atoms with E-state index in [9.17, 15) is 4.79 Å². The lowest BCUT2D eigenvalue weighted by Crippen LogP contribution is -2.43. The normalized spacial score (nSPS) is 15.9. The third-order valence-corrected chi connectivity index (χ3v) is 4.12. The van der Waals surface area contributed by atoms with Crippen molar-refractivity contribution in [1.82, 2.24) is 5.32 Å². The summed E-state index contributed by atoms with van der Waals surface area (Å²) in [6.07, 6.45) is 0. The number of fused-ring (bicyclic) bond motifs is 1. The quantitative estimate of drug-likeness (QED) is 0.887. The number of anilines is 1. The summed E-state index contributed by atoms with van der Waals surface area (Å²) in [5, 5.41) is 13.1. The molecule has 3 rings (SSSR count). The first-order chi connectivity index (χ1) is 9.16. The van der Waals surface area contributed by atoms with Gasteiger partial charge in [0.15, 0.2) is 0 Å². The van der Waals surface area contributed by atoms with Gasteiger partial charge in [0.2, 0.25) is 5.76 Å². The number of carboxylic acid groups (broad SMARTS) is 1. The third kappa shape index (κ3) is 2.21. The number of piperazine rings is 1. The van der Waals surface area contributed by atoms with Crippen molar-refractivity contribution in [1.29, 1.82) is 0 Å². The molecule has 0 atom stereocenters. The largest absolute Gasteiger partial charge is 0.475 e. The molecule has 1 aliphatic heterocycles. The highest BCUT2D eigenvalue weighted by Gasteiger charge is 2.18. The molecule has 0 unspecified atom stereocenters. The van der Waals surface area contributed by atoms with Crippen LogP contribution in [0.3, 0.4) is 0 Å². The second-order valence-corrected chi connectivity index (χ2v) is 5.26. The van der Waals surface area contributed by atoms with E-state index in [4.69, 9.17) is 9.52 Å². The summed E-state index contributed by atoms with van der Waals surface area (Å²) >= 11 is 3.56. The van der Waals surface area contributed by atoms with Crippen LogP contribution in [0, 0.1) is 0 Å². The first-order valence-corrected chi connectivity index (χ1v) is 6.87. The lowest BCUT2D eigenvalue weighted by Gasteiger charge is -2.30. The predicted molar refractivity (Wildman–Crippen MR) is 76.0 cm³/mol. The molecule has 6 heteroatoms. The Morgan fingerprint density at radius 3 is 2.79 bits per heavy atom. The second kappa shape index (κ2) is 4.86. The number of carbonyl (C=O) groups is 1. The van der Waals surface area contributed by atoms with E-state index in [1.807, 2.05) is 12.1 Å². The molecule has 1 fully saturated rings. The van der Waals surface area contributed by atoms with Crippen molar-refractivity contribution in [3.05, 3.63) is 28.4 Å². The van der Waals surface area contributed by atoms with Gasteiger partial charge in [0, 0.05) is 37.6 Å². The molecule has 0 aliphatic carbocycles. The fourth-order valence-corrected chi connectivity index (χ4v) is 3.01. The number of nitrogens with zero attached hydrogens (tertiary/aromatic N) is 1. The van der Waals surface area contributed by atoms with E-state index >= 15 is 0 Å². The molecular formula is C13H13BrN2O3. The van der Waals surface area contributed by atoms with Gasteiger partial charge in [-0.25, -0.2) is 4.79 Å². The Balaban J connectivity index is 2.06. The van der Waals surface area contributed by atoms with E-state index in [0.29, 0.717) is 5.58 Å². The monoisotopic (exact) mass is 324 g/mol. The maximum Gasteiger partial charge on any atom is 0.371 e. The van der Waals surface area contributed by atoms with Crippen LogP contribution >= 0.6 is 15.9 Å². The minimum atomic E-state index is -1.05. The van der Waals surface area contributed by atoms with Crippen LogP contribution in [-0.4, -0.2) is 37.3 Å². The molecule has 1 aliphatic rings. The number of carboxylic acids is 1. The van der Waals surface area contributed by atoms with E-state index in [2.05, 4.69) is 26.1 Å². The smallest absolute Gasteiger partial charge is 0.371 e. The summed E-state index contributed by atoms with van der Waals surface area (Å²) in [6.45, 7) is 3.79. The summed E-state index contributed by atoms with van der Waals surface area (Å²) < 4.78 is 6.18. The van der Waals surface area contributed by atoms with Gasteiger partial charge in [0.1, 0.15) is 5.58 Å². The zero-order valence-corrected chi connectivity index (χ0v) is 11.7. The Morgan fingerprint density at radius 2 is 2.11 bits per heavy atom. The van der Waals surface area contributed by atoms with Gasteiger partial charge in [-0.1, -0.05) is 0 Å². The number of halogens is 1. The van der Waals surface area contributed by atoms with Gasteiger partial charge in [-0.2, -0.15) is 0 Å². The minimum absolute atomic E-state index is 0.0341. The number of rotatable bonds is 2. The third-order valence-electron chi connectivity index (χ3n) is 3.28. The Morgan fingerprint density at radius 1 is 1.37 bits per heavy atom. The lowest BCUT2D eigenvalue weighted by atomic mass is 10.2. The fraction of sp³-hybridized carbons (Fsp3) is 0.308. The Kier molecular flexibility index (Phi) is 3.20. The molecule has 0 amide bonds. The van der Waals surface area contributed by atoms with Gasteiger partial charge in [0.05, 0.1) is 10.2 Å². The molecule has 2 N–H and O–H groups in total. The summed E-state index contributed by atoms with van der Waals surface area (Å²) in [5.74, 6) is -1.08. The van der Waals surface area contributed by atoms with Crippen molar-refractivity contribution in [2.24, 2.45) is 0 Å². The van der Waals surface area contributed by atoms with E-state index < -0.39 is 5.97 Å². The van der Waals surface area contributed by atoms with Gasteiger partial charge in [-0.05, 0) is 28.1 Å². The molecule has 19 heavy (non-hydrogen) atoms. The van der Waals surface area contributed by atoms with Crippen LogP contribution in [0.25, 0.3) is 11.0 Å². The van der Waals surface area contributed by atoms with E-state index in [1.165, 1.54) is 0 Å². The first kappa shape index (κ1) is 12.5. The van der Waals surface area contributed by atoms with Gasteiger partial charge in [-0.3, -0.25) is 0 Å². The van der Waals surface area contributed by atoms with Crippen LogP contribution < -0.4 is 10.2 Å². The number of hydrogen-bond acceptors (Lipinski definition) is 4. The van der Waals surface area contributed by atoms with Crippen molar-refractivity contribution in [2.75, 3.05) is 31.1 Å². The highest BCUT2D eigenvalue weighted by molar-refractivity contribution is 9.10.